The average molecular weight is 225 g/mol. The van der Waals surface area contributed by atoms with Crippen LogP contribution >= 0.6 is 0 Å². The van der Waals surface area contributed by atoms with Gasteiger partial charge in [-0.2, -0.15) is 0 Å². The molecule has 1 heteroatoms. The highest BCUT2D eigenvalue weighted by molar-refractivity contribution is 5.65. The third-order valence-corrected chi connectivity index (χ3v) is 2.92. The van der Waals surface area contributed by atoms with Crippen LogP contribution in [0.2, 0.25) is 0 Å². The van der Waals surface area contributed by atoms with E-state index in [1.165, 1.54) is 16.7 Å². The molecule has 1 heterocycles. The molecule has 0 unspecified atom stereocenters. The number of hydrogen-bond acceptors (Lipinski definition) is 1. The topological polar surface area (TPSA) is 12.9 Å². The first-order chi connectivity index (χ1) is 7.98. The standard InChI is InChI=1S/C16H19N/c1-12-8-9-13(14(11-12)16(2,3)4)15-7-5-6-10-17-15/h5-11H,1-4H3. The molecule has 2 aromatic rings. The Labute approximate surface area is 104 Å². The van der Waals surface area contributed by atoms with Crippen LogP contribution in [-0.4, -0.2) is 4.98 Å². The number of pyridine rings is 1. The van der Waals surface area contributed by atoms with Gasteiger partial charge in [0.05, 0.1) is 5.69 Å². The summed E-state index contributed by atoms with van der Waals surface area (Å²) in [7, 11) is 0. The maximum atomic E-state index is 4.45. The van der Waals surface area contributed by atoms with Crippen LogP contribution in [0.3, 0.4) is 0 Å². The van der Waals surface area contributed by atoms with E-state index in [2.05, 4.69) is 56.9 Å². The Morgan fingerprint density at radius 2 is 1.76 bits per heavy atom. The lowest BCUT2D eigenvalue weighted by Crippen LogP contribution is -2.13. The summed E-state index contributed by atoms with van der Waals surface area (Å²) >= 11 is 0. The maximum absolute atomic E-state index is 4.45. The Hall–Kier alpha value is -1.63. The van der Waals surface area contributed by atoms with Crippen molar-refractivity contribution in [2.24, 2.45) is 0 Å². The van der Waals surface area contributed by atoms with Gasteiger partial charge in [0.25, 0.3) is 0 Å². The van der Waals surface area contributed by atoms with E-state index in [9.17, 15) is 0 Å². The first kappa shape index (κ1) is 11.8. The molecule has 88 valence electrons. The van der Waals surface area contributed by atoms with E-state index in [4.69, 9.17) is 0 Å². The van der Waals surface area contributed by atoms with E-state index in [-0.39, 0.29) is 5.41 Å². The smallest absolute Gasteiger partial charge is 0.0704 e. The van der Waals surface area contributed by atoms with Gasteiger partial charge in [0, 0.05) is 11.8 Å². The fourth-order valence-corrected chi connectivity index (χ4v) is 2.02. The van der Waals surface area contributed by atoms with Crippen molar-refractivity contribution in [3.05, 3.63) is 53.7 Å². The van der Waals surface area contributed by atoms with Gasteiger partial charge in [-0.05, 0) is 30.0 Å². The zero-order valence-corrected chi connectivity index (χ0v) is 11.0. The third-order valence-electron chi connectivity index (χ3n) is 2.92. The molecule has 0 saturated carbocycles. The molecule has 0 aliphatic carbocycles. The van der Waals surface area contributed by atoms with Crippen LogP contribution in [0, 0.1) is 6.92 Å². The van der Waals surface area contributed by atoms with Gasteiger partial charge in [0.2, 0.25) is 0 Å². The highest BCUT2D eigenvalue weighted by Gasteiger charge is 2.19. The third kappa shape index (κ3) is 2.55. The molecule has 1 aromatic heterocycles. The molecule has 0 spiro atoms. The van der Waals surface area contributed by atoms with Gasteiger partial charge in [-0.3, -0.25) is 4.98 Å². The van der Waals surface area contributed by atoms with Gasteiger partial charge >= 0.3 is 0 Å². The van der Waals surface area contributed by atoms with Gasteiger partial charge in [-0.15, -0.1) is 0 Å². The molecule has 0 N–H and O–H groups in total. The number of hydrogen-bond donors (Lipinski definition) is 0. The summed E-state index contributed by atoms with van der Waals surface area (Å²) < 4.78 is 0. The van der Waals surface area contributed by atoms with E-state index in [1.807, 2.05) is 18.3 Å². The molecule has 0 radical (unpaired) electrons. The lowest BCUT2D eigenvalue weighted by molar-refractivity contribution is 0.591. The fourth-order valence-electron chi connectivity index (χ4n) is 2.02. The molecule has 2 rings (SSSR count). The molecule has 0 atom stereocenters. The molecule has 0 bridgehead atoms. The maximum Gasteiger partial charge on any atom is 0.0704 e. The normalized spacial score (nSPS) is 11.5. The van der Waals surface area contributed by atoms with Crippen molar-refractivity contribution >= 4 is 0 Å². The van der Waals surface area contributed by atoms with Crippen LogP contribution in [0.25, 0.3) is 11.3 Å². The van der Waals surface area contributed by atoms with Crippen molar-refractivity contribution in [2.45, 2.75) is 33.1 Å². The van der Waals surface area contributed by atoms with Crippen molar-refractivity contribution < 1.29 is 0 Å². The van der Waals surface area contributed by atoms with E-state index < -0.39 is 0 Å². The summed E-state index contributed by atoms with van der Waals surface area (Å²) in [6.07, 6.45) is 1.85. The van der Waals surface area contributed by atoms with E-state index in [1.54, 1.807) is 0 Å². The van der Waals surface area contributed by atoms with Crippen LogP contribution in [0.5, 0.6) is 0 Å². The van der Waals surface area contributed by atoms with Gasteiger partial charge in [0.15, 0.2) is 0 Å². The Bertz CT molecular complexity index is 507. The Balaban J connectivity index is 2.63. The molecule has 0 aliphatic heterocycles. The average Bonchev–Trinajstić information content (AvgIpc) is 2.29. The second-order valence-corrected chi connectivity index (χ2v) is 5.51. The number of rotatable bonds is 1. The van der Waals surface area contributed by atoms with Gasteiger partial charge in [-0.1, -0.05) is 50.6 Å². The second kappa shape index (κ2) is 4.33. The molecule has 0 saturated heterocycles. The summed E-state index contributed by atoms with van der Waals surface area (Å²) in [5, 5.41) is 0. The monoisotopic (exact) mass is 225 g/mol. The number of aromatic nitrogens is 1. The van der Waals surface area contributed by atoms with Crippen LogP contribution in [-0.2, 0) is 5.41 Å². The molecule has 17 heavy (non-hydrogen) atoms. The quantitative estimate of drug-likeness (QED) is 0.703. The Morgan fingerprint density at radius 3 is 2.35 bits per heavy atom. The zero-order chi connectivity index (χ0) is 12.5. The fraction of sp³-hybridized carbons (Fsp3) is 0.312. The van der Waals surface area contributed by atoms with E-state index >= 15 is 0 Å². The minimum absolute atomic E-state index is 0.138. The van der Waals surface area contributed by atoms with Crippen molar-refractivity contribution in [3.8, 4) is 11.3 Å². The summed E-state index contributed by atoms with van der Waals surface area (Å²) in [6, 6.07) is 12.7. The summed E-state index contributed by atoms with van der Waals surface area (Å²) in [5.41, 5.74) is 5.09. The molecule has 1 aromatic carbocycles. The van der Waals surface area contributed by atoms with Crippen LogP contribution in [0.15, 0.2) is 42.6 Å². The Kier molecular flexibility index (Phi) is 3.01. The minimum atomic E-state index is 0.138. The molecular formula is C16H19N. The predicted molar refractivity (Wildman–Crippen MR) is 73.1 cm³/mol. The van der Waals surface area contributed by atoms with Crippen molar-refractivity contribution in [3.63, 3.8) is 0 Å². The van der Waals surface area contributed by atoms with Crippen LogP contribution < -0.4 is 0 Å². The lowest BCUT2D eigenvalue weighted by atomic mass is 9.82. The van der Waals surface area contributed by atoms with Crippen LogP contribution in [0.1, 0.15) is 31.9 Å². The molecule has 0 fully saturated rings. The summed E-state index contributed by atoms with van der Waals surface area (Å²) in [6.45, 7) is 8.87. The van der Waals surface area contributed by atoms with Crippen molar-refractivity contribution in [1.82, 2.24) is 4.98 Å². The molecule has 1 nitrogen and oxygen atoms in total. The summed E-state index contributed by atoms with van der Waals surface area (Å²) in [5.74, 6) is 0. The first-order valence-electron chi connectivity index (χ1n) is 6.01. The van der Waals surface area contributed by atoms with Gasteiger partial charge in [-0.25, -0.2) is 0 Å². The van der Waals surface area contributed by atoms with E-state index in [0.717, 1.165) is 5.69 Å². The summed E-state index contributed by atoms with van der Waals surface area (Å²) in [4.78, 5) is 4.45. The van der Waals surface area contributed by atoms with Gasteiger partial charge < -0.3 is 0 Å². The highest BCUT2D eigenvalue weighted by Crippen LogP contribution is 2.32. The second-order valence-electron chi connectivity index (χ2n) is 5.51. The van der Waals surface area contributed by atoms with Crippen molar-refractivity contribution in [1.29, 1.82) is 0 Å². The van der Waals surface area contributed by atoms with E-state index in [0.29, 0.717) is 0 Å². The highest BCUT2D eigenvalue weighted by atomic mass is 14.7. The number of benzene rings is 1. The number of aryl methyl sites for hydroxylation is 1. The Morgan fingerprint density at radius 1 is 1.00 bits per heavy atom. The molecule has 0 aliphatic rings. The predicted octanol–water partition coefficient (Wildman–Crippen LogP) is 4.35. The first-order valence-corrected chi connectivity index (χ1v) is 6.01. The largest absolute Gasteiger partial charge is 0.256 e. The SMILES string of the molecule is Cc1ccc(-c2ccccn2)c(C(C)(C)C)c1. The lowest BCUT2D eigenvalue weighted by Gasteiger charge is -2.23. The van der Waals surface area contributed by atoms with Crippen LogP contribution in [0.4, 0.5) is 0 Å². The zero-order valence-electron chi connectivity index (χ0n) is 11.0. The minimum Gasteiger partial charge on any atom is -0.256 e. The molecular weight excluding hydrogens is 206 g/mol. The molecule has 0 amide bonds. The number of nitrogens with zero attached hydrogens (tertiary/aromatic N) is 1. The van der Waals surface area contributed by atoms with Gasteiger partial charge in [0.1, 0.15) is 0 Å². The van der Waals surface area contributed by atoms with Crippen molar-refractivity contribution in [2.75, 3.05) is 0 Å².